The zero-order valence-electron chi connectivity index (χ0n) is 11.1. The van der Waals surface area contributed by atoms with Crippen LogP contribution in [0.5, 0.6) is 0 Å². The highest BCUT2D eigenvalue weighted by Crippen LogP contribution is 2.24. The summed E-state index contributed by atoms with van der Waals surface area (Å²) >= 11 is 4.97. The van der Waals surface area contributed by atoms with E-state index in [0.717, 1.165) is 8.66 Å². The van der Waals surface area contributed by atoms with Gasteiger partial charge in [-0.1, -0.05) is 0 Å². The molecule has 110 valence electrons. The average Bonchev–Trinajstić information content (AvgIpc) is 2.81. The number of nitrogens with zero attached hydrogens (tertiary/aromatic N) is 1. The van der Waals surface area contributed by atoms with Crippen LogP contribution in [0.3, 0.4) is 0 Å². The molecule has 2 unspecified atom stereocenters. The predicted molar refractivity (Wildman–Crippen MR) is 80.8 cm³/mol. The van der Waals surface area contributed by atoms with Crippen molar-refractivity contribution in [2.75, 3.05) is 6.54 Å². The van der Waals surface area contributed by atoms with Crippen molar-refractivity contribution < 1.29 is 14.7 Å². The number of hydrogen-bond donors (Lipinski definition) is 2. The molecule has 1 saturated heterocycles. The number of likely N-dealkylation sites (tertiary alicyclic amines) is 1. The van der Waals surface area contributed by atoms with Crippen molar-refractivity contribution in [2.45, 2.75) is 32.4 Å². The molecule has 2 amide bonds. The van der Waals surface area contributed by atoms with Crippen molar-refractivity contribution >= 4 is 39.3 Å². The summed E-state index contributed by atoms with van der Waals surface area (Å²) in [5.74, 6) is -1.09. The molecule has 7 heteroatoms. The molecule has 1 aromatic heterocycles. The Morgan fingerprint density at radius 1 is 1.55 bits per heavy atom. The third-order valence-corrected chi connectivity index (χ3v) is 5.15. The lowest BCUT2D eigenvalue weighted by atomic mass is 9.92. The maximum absolute atomic E-state index is 12.1. The molecular weight excluding hydrogens is 344 g/mol. The van der Waals surface area contributed by atoms with Crippen LogP contribution in [-0.2, 0) is 11.3 Å². The molecule has 2 rings (SSSR count). The van der Waals surface area contributed by atoms with Gasteiger partial charge in [-0.15, -0.1) is 11.3 Å². The number of aliphatic carboxylic acids is 1. The van der Waals surface area contributed by atoms with Crippen molar-refractivity contribution in [1.82, 2.24) is 10.2 Å². The lowest BCUT2D eigenvalue weighted by Gasteiger charge is -2.36. The molecule has 1 aromatic rings. The van der Waals surface area contributed by atoms with E-state index < -0.39 is 5.97 Å². The Balaban J connectivity index is 1.85. The molecule has 0 bridgehead atoms. The summed E-state index contributed by atoms with van der Waals surface area (Å²) < 4.78 is 1.04. The summed E-state index contributed by atoms with van der Waals surface area (Å²) in [6.45, 7) is 2.90. The minimum Gasteiger partial charge on any atom is -0.481 e. The fraction of sp³-hybridized carbons (Fsp3) is 0.538. The number of nitrogens with one attached hydrogen (secondary N) is 1. The number of carboxylic acid groups (broad SMARTS) is 1. The maximum atomic E-state index is 12.1. The molecule has 0 radical (unpaired) electrons. The Bertz CT molecular complexity index is 506. The minimum atomic E-state index is -0.764. The van der Waals surface area contributed by atoms with Crippen LogP contribution in [0.1, 0.15) is 24.6 Å². The molecule has 1 aliphatic heterocycles. The topological polar surface area (TPSA) is 69.6 Å². The summed E-state index contributed by atoms with van der Waals surface area (Å²) in [4.78, 5) is 25.9. The van der Waals surface area contributed by atoms with Gasteiger partial charge in [0.1, 0.15) is 0 Å². The Morgan fingerprint density at radius 3 is 2.85 bits per heavy atom. The number of carbonyl (C=O) groups is 2. The molecule has 0 saturated carbocycles. The molecular formula is C13H17BrN2O3S. The zero-order chi connectivity index (χ0) is 14.7. The summed E-state index contributed by atoms with van der Waals surface area (Å²) in [6.07, 6.45) is 1.05. The molecule has 1 aliphatic rings. The number of rotatable bonds is 3. The standard InChI is InChI=1S/C13H17BrN2O3S/c1-8-6-9(12(17)18)4-5-16(8)13(19)15-7-10-2-3-11(14)20-10/h2-3,8-9H,4-7H2,1H3,(H,15,19)(H,17,18). The van der Waals surface area contributed by atoms with E-state index in [1.807, 2.05) is 19.1 Å². The van der Waals surface area contributed by atoms with Crippen LogP contribution in [0.4, 0.5) is 4.79 Å². The van der Waals surface area contributed by atoms with Crippen molar-refractivity contribution in [3.63, 3.8) is 0 Å². The van der Waals surface area contributed by atoms with Gasteiger partial charge in [-0.3, -0.25) is 4.79 Å². The van der Waals surface area contributed by atoms with E-state index in [2.05, 4.69) is 21.2 Å². The van der Waals surface area contributed by atoms with Crippen LogP contribution in [0.15, 0.2) is 15.9 Å². The normalized spacial score (nSPS) is 22.6. The van der Waals surface area contributed by atoms with Gasteiger partial charge in [0, 0.05) is 17.5 Å². The number of carboxylic acids is 1. The van der Waals surface area contributed by atoms with Gasteiger partial charge in [-0.25, -0.2) is 4.79 Å². The molecule has 0 aromatic carbocycles. The smallest absolute Gasteiger partial charge is 0.317 e. The SMILES string of the molecule is CC1CC(C(=O)O)CCN1C(=O)NCc1ccc(Br)s1. The van der Waals surface area contributed by atoms with Gasteiger partial charge in [0.2, 0.25) is 0 Å². The lowest BCUT2D eigenvalue weighted by Crippen LogP contribution is -2.49. The van der Waals surface area contributed by atoms with Gasteiger partial charge in [-0.05, 0) is 47.8 Å². The quantitative estimate of drug-likeness (QED) is 0.870. The first-order valence-electron chi connectivity index (χ1n) is 6.49. The summed E-state index contributed by atoms with van der Waals surface area (Å²) in [7, 11) is 0. The van der Waals surface area contributed by atoms with Gasteiger partial charge in [0.25, 0.3) is 0 Å². The molecule has 1 fully saturated rings. The van der Waals surface area contributed by atoms with Gasteiger partial charge in [-0.2, -0.15) is 0 Å². The Morgan fingerprint density at radius 2 is 2.30 bits per heavy atom. The van der Waals surface area contributed by atoms with Crippen molar-refractivity contribution in [3.8, 4) is 0 Å². The van der Waals surface area contributed by atoms with E-state index in [1.54, 1.807) is 16.2 Å². The number of hydrogen-bond acceptors (Lipinski definition) is 3. The fourth-order valence-electron chi connectivity index (χ4n) is 2.41. The second-order valence-corrected chi connectivity index (χ2v) is 7.51. The first-order valence-corrected chi connectivity index (χ1v) is 8.10. The minimum absolute atomic E-state index is 0.0417. The molecule has 2 N–H and O–H groups in total. The number of urea groups is 1. The molecule has 2 atom stereocenters. The van der Waals surface area contributed by atoms with E-state index in [-0.39, 0.29) is 18.0 Å². The highest BCUT2D eigenvalue weighted by atomic mass is 79.9. The Hall–Kier alpha value is -1.08. The second kappa shape index (κ2) is 6.58. The molecule has 0 spiro atoms. The van der Waals surface area contributed by atoms with Gasteiger partial charge in [0.05, 0.1) is 16.2 Å². The highest BCUT2D eigenvalue weighted by Gasteiger charge is 2.32. The Kier molecular flexibility index (Phi) is 5.04. The third kappa shape index (κ3) is 3.73. The van der Waals surface area contributed by atoms with E-state index in [4.69, 9.17) is 5.11 Å². The van der Waals surface area contributed by atoms with Crippen LogP contribution >= 0.6 is 27.3 Å². The molecule has 0 aliphatic carbocycles. The number of piperidine rings is 1. The summed E-state index contributed by atoms with van der Waals surface area (Å²) in [5, 5.41) is 11.9. The number of amides is 2. The first kappa shape index (κ1) is 15.3. The van der Waals surface area contributed by atoms with Crippen molar-refractivity contribution in [3.05, 3.63) is 20.8 Å². The number of thiophene rings is 1. The zero-order valence-corrected chi connectivity index (χ0v) is 13.5. The number of halogens is 1. The molecule has 5 nitrogen and oxygen atoms in total. The monoisotopic (exact) mass is 360 g/mol. The van der Waals surface area contributed by atoms with Gasteiger partial charge >= 0.3 is 12.0 Å². The van der Waals surface area contributed by atoms with E-state index >= 15 is 0 Å². The van der Waals surface area contributed by atoms with E-state index in [0.29, 0.717) is 25.9 Å². The van der Waals surface area contributed by atoms with Crippen LogP contribution in [0.2, 0.25) is 0 Å². The highest BCUT2D eigenvalue weighted by molar-refractivity contribution is 9.11. The van der Waals surface area contributed by atoms with Gasteiger partial charge < -0.3 is 15.3 Å². The number of carbonyl (C=O) groups excluding carboxylic acids is 1. The molecule has 2 heterocycles. The summed E-state index contributed by atoms with van der Waals surface area (Å²) in [6, 6.07) is 3.76. The first-order chi connectivity index (χ1) is 9.47. The van der Waals surface area contributed by atoms with Crippen LogP contribution in [0, 0.1) is 5.92 Å². The van der Waals surface area contributed by atoms with Gasteiger partial charge in [0.15, 0.2) is 0 Å². The maximum Gasteiger partial charge on any atom is 0.317 e. The van der Waals surface area contributed by atoms with Crippen molar-refractivity contribution in [2.24, 2.45) is 5.92 Å². The summed E-state index contributed by atoms with van der Waals surface area (Å²) in [5.41, 5.74) is 0. The van der Waals surface area contributed by atoms with Crippen LogP contribution < -0.4 is 5.32 Å². The van der Waals surface area contributed by atoms with Crippen LogP contribution in [-0.4, -0.2) is 34.6 Å². The Labute approximate surface area is 130 Å². The van der Waals surface area contributed by atoms with Crippen molar-refractivity contribution in [1.29, 1.82) is 0 Å². The van der Waals surface area contributed by atoms with E-state index in [1.165, 1.54) is 0 Å². The largest absolute Gasteiger partial charge is 0.481 e. The average molecular weight is 361 g/mol. The molecule has 20 heavy (non-hydrogen) atoms. The third-order valence-electron chi connectivity index (χ3n) is 3.53. The van der Waals surface area contributed by atoms with E-state index in [9.17, 15) is 9.59 Å². The predicted octanol–water partition coefficient (Wildman–Crippen LogP) is 2.91. The van der Waals surface area contributed by atoms with Crippen LogP contribution in [0.25, 0.3) is 0 Å². The lowest BCUT2D eigenvalue weighted by molar-refractivity contribution is -0.143. The second-order valence-electron chi connectivity index (χ2n) is 4.97. The fourth-order valence-corrected chi connectivity index (χ4v) is 3.83.